The number of nitrogens with zero attached hydrogens (tertiary/aromatic N) is 3. The van der Waals surface area contributed by atoms with Crippen molar-refractivity contribution < 1.29 is 18.0 Å². The van der Waals surface area contributed by atoms with Gasteiger partial charge in [-0.05, 0) is 17.7 Å². The molecule has 1 aliphatic rings. The van der Waals surface area contributed by atoms with Gasteiger partial charge in [-0.1, -0.05) is 11.2 Å². The maximum atomic E-state index is 13.3. The normalized spacial score (nSPS) is 19.5. The molecule has 1 fully saturated rings. The zero-order chi connectivity index (χ0) is 15.5. The van der Waals surface area contributed by atoms with Crippen LogP contribution in [-0.2, 0) is 17.8 Å². The van der Waals surface area contributed by atoms with Crippen molar-refractivity contribution in [2.75, 3.05) is 19.7 Å². The highest BCUT2D eigenvalue weighted by Crippen LogP contribution is 2.24. The molecule has 2 N–H and O–H groups in total. The van der Waals surface area contributed by atoms with Crippen LogP contribution in [0.4, 0.5) is 8.78 Å². The number of hydrogen-bond acceptors (Lipinski definition) is 6. The van der Waals surface area contributed by atoms with E-state index in [9.17, 15) is 8.78 Å². The Bertz CT molecular complexity index is 650. The summed E-state index contributed by atoms with van der Waals surface area (Å²) in [6, 6.07) is 3.82. The van der Waals surface area contributed by atoms with E-state index in [-0.39, 0.29) is 12.6 Å². The summed E-state index contributed by atoms with van der Waals surface area (Å²) in [7, 11) is 0. The standard InChI is InChI=1S/C14H16F2N4O2/c15-10-2-1-9(5-11(10)16)12-7-20(3-4-21-12)8-13-18-14(6-17)22-19-13/h1-2,5,12H,3-4,6-8,17H2. The SMILES string of the molecule is NCc1nc(CN2CCOC(c3ccc(F)c(F)c3)C2)no1. The van der Waals surface area contributed by atoms with Crippen molar-refractivity contribution in [2.45, 2.75) is 19.2 Å². The Balaban J connectivity index is 1.67. The second-order valence-corrected chi connectivity index (χ2v) is 5.08. The van der Waals surface area contributed by atoms with E-state index in [0.717, 1.165) is 6.07 Å². The number of ether oxygens (including phenoxy) is 1. The summed E-state index contributed by atoms with van der Waals surface area (Å²) in [5, 5.41) is 3.85. The minimum atomic E-state index is -0.871. The van der Waals surface area contributed by atoms with E-state index in [0.29, 0.717) is 43.5 Å². The Hall–Kier alpha value is -1.90. The summed E-state index contributed by atoms with van der Waals surface area (Å²) < 4.78 is 36.9. The van der Waals surface area contributed by atoms with Crippen LogP contribution in [0.2, 0.25) is 0 Å². The minimum Gasteiger partial charge on any atom is -0.371 e. The molecule has 0 saturated carbocycles. The average molecular weight is 310 g/mol. The van der Waals surface area contributed by atoms with Gasteiger partial charge >= 0.3 is 0 Å². The van der Waals surface area contributed by atoms with Gasteiger partial charge in [-0.2, -0.15) is 4.98 Å². The fourth-order valence-corrected chi connectivity index (χ4v) is 2.40. The van der Waals surface area contributed by atoms with Gasteiger partial charge in [0.25, 0.3) is 0 Å². The molecule has 1 atom stereocenters. The highest BCUT2D eigenvalue weighted by molar-refractivity contribution is 5.21. The van der Waals surface area contributed by atoms with Crippen molar-refractivity contribution in [3.05, 3.63) is 47.1 Å². The Kier molecular flexibility index (Phi) is 4.41. The zero-order valence-electron chi connectivity index (χ0n) is 11.8. The first-order valence-electron chi connectivity index (χ1n) is 6.96. The lowest BCUT2D eigenvalue weighted by molar-refractivity contribution is -0.0340. The predicted octanol–water partition coefficient (Wildman–Crippen LogP) is 1.38. The van der Waals surface area contributed by atoms with Gasteiger partial charge in [0.05, 0.1) is 25.8 Å². The molecule has 6 nitrogen and oxygen atoms in total. The van der Waals surface area contributed by atoms with Crippen LogP contribution in [0.25, 0.3) is 0 Å². The monoisotopic (exact) mass is 310 g/mol. The average Bonchev–Trinajstić information content (AvgIpc) is 2.98. The second-order valence-electron chi connectivity index (χ2n) is 5.08. The van der Waals surface area contributed by atoms with E-state index < -0.39 is 11.6 Å². The molecule has 8 heteroatoms. The lowest BCUT2D eigenvalue weighted by Gasteiger charge is -2.32. The van der Waals surface area contributed by atoms with Crippen molar-refractivity contribution in [1.29, 1.82) is 0 Å². The number of morpholine rings is 1. The topological polar surface area (TPSA) is 77.4 Å². The number of hydrogen-bond donors (Lipinski definition) is 1. The molecule has 1 saturated heterocycles. The predicted molar refractivity (Wildman–Crippen MR) is 72.5 cm³/mol. The molecule has 1 aromatic carbocycles. The van der Waals surface area contributed by atoms with Crippen LogP contribution >= 0.6 is 0 Å². The first kappa shape index (κ1) is 15.0. The van der Waals surface area contributed by atoms with Crippen LogP contribution in [0.5, 0.6) is 0 Å². The summed E-state index contributed by atoms with van der Waals surface area (Å²) in [6.07, 6.45) is -0.315. The van der Waals surface area contributed by atoms with Gasteiger partial charge in [0.15, 0.2) is 17.5 Å². The van der Waals surface area contributed by atoms with E-state index in [2.05, 4.69) is 15.0 Å². The third-order valence-electron chi connectivity index (χ3n) is 3.52. The molecule has 1 unspecified atom stereocenters. The second kappa shape index (κ2) is 6.47. The maximum Gasteiger partial charge on any atom is 0.240 e. The number of nitrogens with two attached hydrogens (primary N) is 1. The Morgan fingerprint density at radius 3 is 2.91 bits per heavy atom. The molecule has 1 aromatic heterocycles. The van der Waals surface area contributed by atoms with Crippen LogP contribution in [-0.4, -0.2) is 34.7 Å². The summed E-state index contributed by atoms with van der Waals surface area (Å²) in [5.41, 5.74) is 6.04. The minimum absolute atomic E-state index is 0.202. The molecule has 0 aliphatic carbocycles. The van der Waals surface area contributed by atoms with Crippen molar-refractivity contribution in [1.82, 2.24) is 15.0 Å². The molecule has 2 heterocycles. The molecule has 1 aliphatic heterocycles. The molecule has 118 valence electrons. The quantitative estimate of drug-likeness (QED) is 0.919. The van der Waals surface area contributed by atoms with Gasteiger partial charge in [-0.3, -0.25) is 4.90 Å². The van der Waals surface area contributed by atoms with Gasteiger partial charge in [0.1, 0.15) is 0 Å². The van der Waals surface area contributed by atoms with Crippen LogP contribution < -0.4 is 5.73 Å². The largest absolute Gasteiger partial charge is 0.371 e. The van der Waals surface area contributed by atoms with Crippen LogP contribution in [0, 0.1) is 11.6 Å². The lowest BCUT2D eigenvalue weighted by Crippen LogP contribution is -2.38. The maximum absolute atomic E-state index is 13.3. The van der Waals surface area contributed by atoms with E-state index in [1.54, 1.807) is 0 Å². The first-order valence-corrected chi connectivity index (χ1v) is 6.96. The number of halogens is 2. The zero-order valence-corrected chi connectivity index (χ0v) is 11.8. The number of benzene rings is 1. The molecule has 0 amide bonds. The van der Waals surface area contributed by atoms with Crippen molar-refractivity contribution >= 4 is 0 Å². The molecular formula is C14H16F2N4O2. The van der Waals surface area contributed by atoms with Crippen molar-refractivity contribution in [3.63, 3.8) is 0 Å². The molecule has 3 rings (SSSR count). The summed E-state index contributed by atoms with van der Waals surface area (Å²) in [6.45, 7) is 2.43. The van der Waals surface area contributed by atoms with Crippen molar-refractivity contribution in [3.8, 4) is 0 Å². The molecule has 0 bridgehead atoms. The van der Waals surface area contributed by atoms with Gasteiger partial charge in [0, 0.05) is 13.1 Å². The summed E-state index contributed by atoms with van der Waals surface area (Å²) in [4.78, 5) is 6.22. The Labute approximate surface area is 125 Å². The van der Waals surface area contributed by atoms with Gasteiger partial charge in [-0.25, -0.2) is 8.78 Å². The smallest absolute Gasteiger partial charge is 0.240 e. The highest BCUT2D eigenvalue weighted by Gasteiger charge is 2.24. The lowest BCUT2D eigenvalue weighted by atomic mass is 10.1. The van der Waals surface area contributed by atoms with E-state index in [1.165, 1.54) is 12.1 Å². The fraction of sp³-hybridized carbons (Fsp3) is 0.429. The number of rotatable bonds is 4. The molecule has 0 spiro atoms. The van der Waals surface area contributed by atoms with Gasteiger partial charge in [-0.15, -0.1) is 0 Å². The third-order valence-corrected chi connectivity index (χ3v) is 3.52. The fourth-order valence-electron chi connectivity index (χ4n) is 2.40. The van der Waals surface area contributed by atoms with E-state index in [4.69, 9.17) is 15.0 Å². The third kappa shape index (κ3) is 3.29. The van der Waals surface area contributed by atoms with Gasteiger partial charge in [0.2, 0.25) is 5.89 Å². The van der Waals surface area contributed by atoms with Crippen LogP contribution in [0.15, 0.2) is 22.7 Å². The molecular weight excluding hydrogens is 294 g/mol. The summed E-state index contributed by atoms with van der Waals surface area (Å²) in [5.74, 6) is -0.798. The Morgan fingerprint density at radius 2 is 2.18 bits per heavy atom. The molecule has 2 aromatic rings. The first-order chi connectivity index (χ1) is 10.7. The molecule has 22 heavy (non-hydrogen) atoms. The van der Waals surface area contributed by atoms with E-state index >= 15 is 0 Å². The van der Waals surface area contributed by atoms with Crippen LogP contribution in [0.1, 0.15) is 23.4 Å². The van der Waals surface area contributed by atoms with Gasteiger partial charge < -0.3 is 15.0 Å². The number of aromatic nitrogens is 2. The van der Waals surface area contributed by atoms with Crippen LogP contribution in [0.3, 0.4) is 0 Å². The highest BCUT2D eigenvalue weighted by atomic mass is 19.2. The van der Waals surface area contributed by atoms with E-state index in [1.807, 2.05) is 0 Å². The molecule has 0 radical (unpaired) electrons. The van der Waals surface area contributed by atoms with Crippen molar-refractivity contribution in [2.24, 2.45) is 5.73 Å². The summed E-state index contributed by atoms with van der Waals surface area (Å²) >= 11 is 0. The Morgan fingerprint density at radius 1 is 1.32 bits per heavy atom.